The monoisotopic (exact) mass is 495 g/mol. The van der Waals surface area contributed by atoms with Crippen LogP contribution in [0.25, 0.3) is 0 Å². The fourth-order valence-corrected chi connectivity index (χ4v) is 7.81. The highest BCUT2D eigenvalue weighted by molar-refractivity contribution is 7.92. The second-order valence-electron chi connectivity index (χ2n) is 10.5. The number of methoxy groups -OCH3 is 1. The van der Waals surface area contributed by atoms with Crippen molar-refractivity contribution in [1.29, 1.82) is 0 Å². The number of hydrogen-bond donors (Lipinski definition) is 1. The SMILES string of the molecule is COc1ccccc1/C=N\NC(=O)CN(c1ccc(C23CC4CC(CC(C4)C2)C3)cc1)S(C)(=O)=O. The number of sulfonamides is 1. The molecule has 0 aromatic heterocycles. The van der Waals surface area contributed by atoms with Crippen molar-refractivity contribution in [2.24, 2.45) is 22.9 Å². The van der Waals surface area contributed by atoms with Gasteiger partial charge in [-0.05, 0) is 91.5 Å². The molecule has 4 aliphatic rings. The van der Waals surface area contributed by atoms with Crippen molar-refractivity contribution in [3.63, 3.8) is 0 Å². The van der Waals surface area contributed by atoms with E-state index < -0.39 is 15.9 Å². The van der Waals surface area contributed by atoms with Crippen LogP contribution in [0.15, 0.2) is 53.6 Å². The number of hydrogen-bond acceptors (Lipinski definition) is 5. The third kappa shape index (κ3) is 4.94. The van der Waals surface area contributed by atoms with Crippen molar-refractivity contribution in [3.8, 4) is 5.75 Å². The molecule has 2 aromatic carbocycles. The lowest BCUT2D eigenvalue weighted by atomic mass is 9.48. The molecule has 8 heteroatoms. The molecule has 0 spiro atoms. The highest BCUT2D eigenvalue weighted by Gasteiger charge is 2.51. The second-order valence-corrected chi connectivity index (χ2v) is 12.5. The van der Waals surface area contributed by atoms with Crippen molar-refractivity contribution in [3.05, 3.63) is 59.7 Å². The van der Waals surface area contributed by atoms with E-state index in [2.05, 4.69) is 22.7 Å². The van der Waals surface area contributed by atoms with Crippen molar-refractivity contribution < 1.29 is 17.9 Å². The fraction of sp³-hybridized carbons (Fsp3) is 0.481. The number of anilines is 1. The number of carbonyl (C=O) groups is 1. The first-order valence-corrected chi connectivity index (χ1v) is 14.1. The predicted octanol–water partition coefficient (Wildman–Crippen LogP) is 4.08. The fourth-order valence-electron chi connectivity index (χ4n) is 6.96. The smallest absolute Gasteiger partial charge is 0.260 e. The first-order valence-electron chi connectivity index (χ1n) is 12.3. The van der Waals surface area contributed by atoms with E-state index in [0.717, 1.165) is 28.3 Å². The number of rotatable bonds is 8. The van der Waals surface area contributed by atoms with Crippen LogP contribution in [0.2, 0.25) is 0 Å². The molecule has 35 heavy (non-hydrogen) atoms. The highest BCUT2D eigenvalue weighted by Crippen LogP contribution is 2.60. The summed E-state index contributed by atoms with van der Waals surface area (Å²) in [6.45, 7) is -0.348. The lowest BCUT2D eigenvalue weighted by molar-refractivity contribution is -0.119. The summed E-state index contributed by atoms with van der Waals surface area (Å²) >= 11 is 0. The summed E-state index contributed by atoms with van der Waals surface area (Å²) in [7, 11) is -2.10. The maximum atomic E-state index is 12.6. The highest BCUT2D eigenvalue weighted by atomic mass is 32.2. The average Bonchev–Trinajstić information content (AvgIpc) is 2.81. The Morgan fingerprint density at radius 1 is 1.06 bits per heavy atom. The molecule has 4 fully saturated rings. The van der Waals surface area contributed by atoms with E-state index in [1.165, 1.54) is 50.3 Å². The molecule has 4 saturated carbocycles. The zero-order chi connectivity index (χ0) is 24.6. The van der Waals surface area contributed by atoms with Gasteiger partial charge in [0.2, 0.25) is 10.0 Å². The molecule has 7 nitrogen and oxygen atoms in total. The number of nitrogens with one attached hydrogen (secondary N) is 1. The molecule has 6 rings (SSSR count). The van der Waals surface area contributed by atoms with Gasteiger partial charge in [0, 0.05) is 5.56 Å². The van der Waals surface area contributed by atoms with Gasteiger partial charge in [0.25, 0.3) is 5.91 Å². The minimum absolute atomic E-state index is 0.244. The predicted molar refractivity (Wildman–Crippen MR) is 137 cm³/mol. The summed E-state index contributed by atoms with van der Waals surface area (Å²) in [6, 6.07) is 15.1. The van der Waals surface area contributed by atoms with Gasteiger partial charge in [-0.2, -0.15) is 5.10 Å². The van der Waals surface area contributed by atoms with Crippen LogP contribution in [0.5, 0.6) is 5.75 Å². The van der Waals surface area contributed by atoms with Gasteiger partial charge in [-0.25, -0.2) is 13.8 Å². The normalized spacial score (nSPS) is 27.2. The molecule has 0 saturated heterocycles. The standard InChI is InChI=1S/C27H33N3O4S/c1-34-25-6-4-3-5-22(25)17-28-29-26(31)18-30(35(2,32)33)24-9-7-23(8-10-24)27-14-19-11-20(15-27)13-21(12-19)16-27/h3-10,17,19-21H,11-16,18H2,1-2H3,(H,29,31)/b28-17-. The second kappa shape index (κ2) is 9.30. The molecule has 0 radical (unpaired) electrons. The van der Waals surface area contributed by atoms with Gasteiger partial charge in [0.1, 0.15) is 12.3 Å². The summed E-state index contributed by atoms with van der Waals surface area (Å²) in [6.07, 6.45) is 10.5. The Morgan fingerprint density at radius 3 is 2.23 bits per heavy atom. The Bertz CT molecular complexity index is 1190. The van der Waals surface area contributed by atoms with E-state index in [4.69, 9.17) is 4.74 Å². The summed E-state index contributed by atoms with van der Waals surface area (Å²) in [5, 5.41) is 3.97. The van der Waals surface area contributed by atoms with Crippen LogP contribution < -0.4 is 14.5 Å². The summed E-state index contributed by atoms with van der Waals surface area (Å²) in [5.74, 6) is 2.63. The Morgan fingerprint density at radius 2 is 1.66 bits per heavy atom. The number of ether oxygens (including phenoxy) is 1. The van der Waals surface area contributed by atoms with E-state index in [-0.39, 0.29) is 12.0 Å². The van der Waals surface area contributed by atoms with Crippen LogP contribution in [0, 0.1) is 17.8 Å². The van der Waals surface area contributed by atoms with Crippen LogP contribution in [-0.2, 0) is 20.2 Å². The van der Waals surface area contributed by atoms with Crippen LogP contribution in [0.3, 0.4) is 0 Å². The number of para-hydroxylation sites is 1. The lowest BCUT2D eigenvalue weighted by Gasteiger charge is -2.57. The molecule has 2 aromatic rings. The quantitative estimate of drug-likeness (QED) is 0.442. The molecule has 0 atom stereocenters. The van der Waals surface area contributed by atoms with Crippen molar-refractivity contribution in [1.82, 2.24) is 5.43 Å². The molecular weight excluding hydrogens is 462 g/mol. The molecule has 0 unspecified atom stereocenters. The van der Waals surface area contributed by atoms with Gasteiger partial charge in [0.15, 0.2) is 0 Å². The molecule has 4 bridgehead atoms. The minimum Gasteiger partial charge on any atom is -0.496 e. The maximum Gasteiger partial charge on any atom is 0.260 e. The van der Waals surface area contributed by atoms with Gasteiger partial charge >= 0.3 is 0 Å². The van der Waals surface area contributed by atoms with E-state index in [1.807, 2.05) is 30.3 Å². The molecule has 1 N–H and O–H groups in total. The zero-order valence-corrected chi connectivity index (χ0v) is 21.1. The van der Waals surface area contributed by atoms with E-state index in [0.29, 0.717) is 17.0 Å². The van der Waals surface area contributed by atoms with Crippen LogP contribution in [-0.4, -0.2) is 40.4 Å². The molecule has 0 heterocycles. The number of hydrazone groups is 1. The number of benzene rings is 2. The van der Waals surface area contributed by atoms with E-state index in [9.17, 15) is 13.2 Å². The van der Waals surface area contributed by atoms with Crippen molar-refractivity contribution >= 4 is 27.8 Å². The van der Waals surface area contributed by atoms with E-state index in [1.54, 1.807) is 13.2 Å². The lowest BCUT2D eigenvalue weighted by Crippen LogP contribution is -2.48. The first kappa shape index (κ1) is 23.9. The average molecular weight is 496 g/mol. The zero-order valence-electron chi connectivity index (χ0n) is 20.3. The van der Waals surface area contributed by atoms with Crippen LogP contribution in [0.4, 0.5) is 5.69 Å². The van der Waals surface area contributed by atoms with E-state index >= 15 is 0 Å². The van der Waals surface area contributed by atoms with Gasteiger partial charge < -0.3 is 4.74 Å². The number of nitrogens with zero attached hydrogens (tertiary/aromatic N) is 2. The maximum absolute atomic E-state index is 12.6. The van der Waals surface area contributed by atoms with Crippen LogP contribution >= 0.6 is 0 Å². The Hall–Kier alpha value is -2.87. The van der Waals surface area contributed by atoms with Crippen molar-refractivity contribution in [2.45, 2.75) is 43.9 Å². The number of carbonyl (C=O) groups excluding carboxylic acids is 1. The van der Waals surface area contributed by atoms with Crippen LogP contribution in [0.1, 0.15) is 49.7 Å². The largest absolute Gasteiger partial charge is 0.496 e. The number of amides is 1. The van der Waals surface area contributed by atoms with Gasteiger partial charge in [-0.15, -0.1) is 0 Å². The Labute approximate surface area is 207 Å². The molecule has 1 amide bonds. The van der Waals surface area contributed by atoms with Gasteiger partial charge in [-0.3, -0.25) is 9.10 Å². The molecular formula is C27H33N3O4S. The third-order valence-corrected chi connectivity index (χ3v) is 9.17. The first-order chi connectivity index (χ1) is 16.8. The topological polar surface area (TPSA) is 88.1 Å². The third-order valence-electron chi connectivity index (χ3n) is 8.03. The summed E-state index contributed by atoms with van der Waals surface area (Å²) in [4.78, 5) is 12.6. The molecule has 186 valence electrons. The van der Waals surface area contributed by atoms with Crippen molar-refractivity contribution in [2.75, 3.05) is 24.2 Å². The van der Waals surface area contributed by atoms with Gasteiger partial charge in [-0.1, -0.05) is 24.3 Å². The Kier molecular flexibility index (Phi) is 6.34. The molecule has 4 aliphatic carbocycles. The summed E-state index contributed by atoms with van der Waals surface area (Å²) < 4.78 is 31.5. The molecule has 0 aliphatic heterocycles. The Balaban J connectivity index is 1.29. The summed E-state index contributed by atoms with van der Waals surface area (Å²) in [5.41, 5.74) is 5.18. The van der Waals surface area contributed by atoms with Gasteiger partial charge in [0.05, 0.1) is 25.3 Å². The minimum atomic E-state index is -3.66.